The Hall–Kier alpha value is -1.23. The van der Waals surface area contributed by atoms with Gasteiger partial charge in [0.2, 0.25) is 0 Å². The maximum Gasteiger partial charge on any atom is 0.0677 e. The molecule has 4 heteroatoms. The van der Waals surface area contributed by atoms with Crippen molar-refractivity contribution in [3.63, 3.8) is 0 Å². The fourth-order valence-corrected chi connectivity index (χ4v) is 3.82. The Balaban J connectivity index is 1.67. The van der Waals surface area contributed by atoms with Crippen LogP contribution < -0.4 is 0 Å². The first-order valence-corrected chi connectivity index (χ1v) is 8.24. The Bertz CT molecular complexity index is 479. The summed E-state index contributed by atoms with van der Waals surface area (Å²) in [6, 6.07) is 4.20. The number of aromatic nitrogens is 1. The van der Waals surface area contributed by atoms with Crippen LogP contribution in [0.25, 0.3) is 0 Å². The summed E-state index contributed by atoms with van der Waals surface area (Å²) in [7, 11) is 0. The molecule has 2 atom stereocenters. The van der Waals surface area contributed by atoms with E-state index in [4.69, 9.17) is 9.47 Å². The van der Waals surface area contributed by atoms with Gasteiger partial charge in [0.15, 0.2) is 0 Å². The molecule has 3 heterocycles. The van der Waals surface area contributed by atoms with Crippen molar-refractivity contribution >= 4 is 0 Å². The third kappa shape index (κ3) is 3.57. The van der Waals surface area contributed by atoms with Gasteiger partial charge in [0.25, 0.3) is 0 Å². The van der Waals surface area contributed by atoms with Crippen LogP contribution in [0.4, 0.5) is 0 Å². The molecule has 1 aromatic rings. The van der Waals surface area contributed by atoms with Crippen LogP contribution in [0.1, 0.15) is 24.8 Å². The number of likely N-dealkylation sites (tertiary alicyclic amines) is 1. The summed E-state index contributed by atoms with van der Waals surface area (Å²) in [5.41, 5.74) is 1.47. The van der Waals surface area contributed by atoms with Crippen LogP contribution in [-0.4, -0.2) is 48.9 Å². The van der Waals surface area contributed by atoms with E-state index in [1.54, 1.807) is 0 Å². The van der Waals surface area contributed by atoms with Crippen molar-refractivity contribution in [2.45, 2.75) is 31.9 Å². The van der Waals surface area contributed by atoms with Gasteiger partial charge in [-0.15, -0.1) is 6.58 Å². The molecule has 2 saturated heterocycles. The summed E-state index contributed by atoms with van der Waals surface area (Å²) in [5.74, 6) is 0. The molecule has 2 fully saturated rings. The Kier molecular flexibility index (Phi) is 5.24. The highest BCUT2D eigenvalue weighted by Gasteiger charge is 2.45. The molecule has 0 radical (unpaired) electrons. The molecule has 0 N–H and O–H groups in total. The summed E-state index contributed by atoms with van der Waals surface area (Å²) in [6.45, 7) is 9.17. The number of nitrogens with zero attached hydrogens (tertiary/aromatic N) is 2. The zero-order valence-electron chi connectivity index (χ0n) is 13.2. The number of fused-ring (bicyclic) bond motifs is 1. The second kappa shape index (κ2) is 7.36. The standard InChI is InChI=1S/C18H26N2O2/c1-2-11-21-15-18-7-3-12-22-17(18)6-10-20(14-18)13-16-4-8-19-9-5-16/h2,4-5,8-9,17H,1,3,6-7,10-15H2/t17-,18+/m1/s1. The van der Waals surface area contributed by atoms with E-state index >= 15 is 0 Å². The summed E-state index contributed by atoms with van der Waals surface area (Å²) in [6.07, 6.45) is 9.34. The number of pyridine rings is 1. The topological polar surface area (TPSA) is 34.6 Å². The summed E-state index contributed by atoms with van der Waals surface area (Å²) < 4.78 is 11.9. The molecular formula is C18H26N2O2. The first kappa shape index (κ1) is 15.7. The van der Waals surface area contributed by atoms with Gasteiger partial charge in [0.05, 0.1) is 19.3 Å². The lowest BCUT2D eigenvalue weighted by Crippen LogP contribution is -2.56. The van der Waals surface area contributed by atoms with Gasteiger partial charge in [-0.2, -0.15) is 0 Å². The molecule has 0 bridgehead atoms. The Morgan fingerprint density at radius 3 is 3.14 bits per heavy atom. The fraction of sp³-hybridized carbons (Fsp3) is 0.611. The molecule has 4 nitrogen and oxygen atoms in total. The van der Waals surface area contributed by atoms with Crippen LogP contribution in [-0.2, 0) is 16.0 Å². The lowest BCUT2D eigenvalue weighted by atomic mass is 9.73. The SMILES string of the molecule is C=CCOC[C@@]12CCCO[C@@H]1CCN(Cc1ccncc1)C2. The molecule has 2 aliphatic heterocycles. The third-order valence-corrected chi connectivity index (χ3v) is 4.85. The van der Waals surface area contributed by atoms with E-state index in [0.717, 1.165) is 45.7 Å². The van der Waals surface area contributed by atoms with Gasteiger partial charge >= 0.3 is 0 Å². The van der Waals surface area contributed by atoms with Crippen LogP contribution in [0.3, 0.4) is 0 Å². The van der Waals surface area contributed by atoms with Crippen molar-refractivity contribution in [2.24, 2.45) is 5.41 Å². The number of rotatable bonds is 6. The smallest absolute Gasteiger partial charge is 0.0677 e. The molecule has 0 aliphatic carbocycles. The van der Waals surface area contributed by atoms with Crippen LogP contribution in [0, 0.1) is 5.41 Å². The van der Waals surface area contributed by atoms with Gasteiger partial charge in [-0.1, -0.05) is 6.08 Å². The van der Waals surface area contributed by atoms with Crippen molar-refractivity contribution in [2.75, 3.05) is 32.9 Å². The van der Waals surface area contributed by atoms with E-state index in [0.29, 0.717) is 12.7 Å². The molecule has 2 aliphatic rings. The Labute approximate surface area is 133 Å². The minimum Gasteiger partial charge on any atom is -0.377 e. The van der Waals surface area contributed by atoms with Crippen LogP contribution in [0.5, 0.6) is 0 Å². The van der Waals surface area contributed by atoms with Crippen LogP contribution in [0.15, 0.2) is 37.2 Å². The molecule has 0 spiro atoms. The van der Waals surface area contributed by atoms with Gasteiger partial charge in [-0.05, 0) is 37.0 Å². The van der Waals surface area contributed by atoms with Crippen molar-refractivity contribution in [3.8, 4) is 0 Å². The van der Waals surface area contributed by atoms with Crippen LogP contribution >= 0.6 is 0 Å². The van der Waals surface area contributed by atoms with Crippen molar-refractivity contribution in [3.05, 3.63) is 42.7 Å². The van der Waals surface area contributed by atoms with Crippen molar-refractivity contribution < 1.29 is 9.47 Å². The van der Waals surface area contributed by atoms with E-state index in [1.807, 2.05) is 18.5 Å². The van der Waals surface area contributed by atoms with Gasteiger partial charge in [0.1, 0.15) is 0 Å². The third-order valence-electron chi connectivity index (χ3n) is 4.85. The second-order valence-electron chi connectivity index (χ2n) is 6.48. The highest BCUT2D eigenvalue weighted by Crippen LogP contribution is 2.40. The summed E-state index contributed by atoms with van der Waals surface area (Å²) >= 11 is 0. The predicted molar refractivity (Wildman–Crippen MR) is 86.6 cm³/mol. The summed E-state index contributed by atoms with van der Waals surface area (Å²) in [4.78, 5) is 6.64. The lowest BCUT2D eigenvalue weighted by molar-refractivity contribution is -0.152. The number of hydrogen-bond donors (Lipinski definition) is 0. The minimum atomic E-state index is 0.145. The molecule has 22 heavy (non-hydrogen) atoms. The first-order chi connectivity index (χ1) is 10.8. The maximum absolute atomic E-state index is 6.07. The summed E-state index contributed by atoms with van der Waals surface area (Å²) in [5, 5.41) is 0. The molecule has 120 valence electrons. The van der Waals surface area contributed by atoms with E-state index in [-0.39, 0.29) is 5.41 Å². The second-order valence-corrected chi connectivity index (χ2v) is 6.48. The lowest BCUT2D eigenvalue weighted by Gasteiger charge is -2.50. The Morgan fingerprint density at radius 2 is 2.32 bits per heavy atom. The minimum absolute atomic E-state index is 0.145. The number of ether oxygens (including phenoxy) is 2. The average Bonchev–Trinajstić information content (AvgIpc) is 2.56. The van der Waals surface area contributed by atoms with E-state index in [1.165, 1.54) is 12.0 Å². The molecule has 1 aromatic heterocycles. The maximum atomic E-state index is 6.07. The molecule has 0 unspecified atom stereocenters. The predicted octanol–water partition coefficient (Wildman–Crippen LogP) is 2.66. The van der Waals surface area contributed by atoms with Gasteiger partial charge in [0, 0.05) is 44.0 Å². The van der Waals surface area contributed by atoms with E-state index in [9.17, 15) is 0 Å². The van der Waals surface area contributed by atoms with E-state index < -0.39 is 0 Å². The highest BCUT2D eigenvalue weighted by atomic mass is 16.5. The van der Waals surface area contributed by atoms with Gasteiger partial charge in [-0.25, -0.2) is 0 Å². The highest BCUT2D eigenvalue weighted by molar-refractivity contribution is 5.10. The fourth-order valence-electron chi connectivity index (χ4n) is 3.82. The molecule has 0 saturated carbocycles. The van der Waals surface area contributed by atoms with Gasteiger partial charge < -0.3 is 9.47 Å². The molecule has 3 rings (SSSR count). The normalized spacial score (nSPS) is 29.0. The van der Waals surface area contributed by atoms with Crippen molar-refractivity contribution in [1.82, 2.24) is 9.88 Å². The molecule has 0 aromatic carbocycles. The quantitative estimate of drug-likeness (QED) is 0.598. The first-order valence-electron chi connectivity index (χ1n) is 8.24. The van der Waals surface area contributed by atoms with Crippen LogP contribution in [0.2, 0.25) is 0 Å². The zero-order valence-corrected chi connectivity index (χ0v) is 13.2. The Morgan fingerprint density at radius 1 is 1.45 bits per heavy atom. The largest absolute Gasteiger partial charge is 0.377 e. The average molecular weight is 302 g/mol. The molecule has 0 amide bonds. The number of piperidine rings is 1. The zero-order chi connectivity index (χ0) is 15.3. The monoisotopic (exact) mass is 302 g/mol. The van der Waals surface area contributed by atoms with Crippen molar-refractivity contribution in [1.29, 1.82) is 0 Å². The van der Waals surface area contributed by atoms with Gasteiger partial charge in [-0.3, -0.25) is 9.88 Å². The molecular weight excluding hydrogens is 276 g/mol. The number of hydrogen-bond acceptors (Lipinski definition) is 4. The van der Waals surface area contributed by atoms with E-state index in [2.05, 4.69) is 28.6 Å².